The molecule has 6 heteroatoms. The second-order valence-electron chi connectivity index (χ2n) is 11.9. The number of rotatable bonds is 11. The van der Waals surface area contributed by atoms with Crippen LogP contribution in [0.4, 0.5) is 0 Å². The number of hydrogen-bond acceptors (Lipinski definition) is 4. The van der Waals surface area contributed by atoms with Gasteiger partial charge in [-0.1, -0.05) is 104 Å². The lowest BCUT2D eigenvalue weighted by Crippen LogP contribution is -2.39. The molecule has 0 spiro atoms. The van der Waals surface area contributed by atoms with E-state index in [1.165, 1.54) is 11.3 Å². The van der Waals surface area contributed by atoms with Crippen LogP contribution in [0.2, 0.25) is 0 Å². The third kappa shape index (κ3) is 6.51. The smallest absolute Gasteiger partial charge is 0.217 e. The van der Waals surface area contributed by atoms with Crippen LogP contribution in [0.3, 0.4) is 0 Å². The topological polar surface area (TPSA) is 54.1 Å². The fourth-order valence-corrected chi connectivity index (χ4v) is 6.19. The number of imidazole rings is 1. The highest BCUT2D eigenvalue weighted by Gasteiger charge is 2.38. The van der Waals surface area contributed by atoms with Crippen molar-refractivity contribution in [3.8, 4) is 22.5 Å². The van der Waals surface area contributed by atoms with E-state index in [0.29, 0.717) is 19.8 Å². The van der Waals surface area contributed by atoms with Crippen LogP contribution in [-0.4, -0.2) is 32.5 Å². The van der Waals surface area contributed by atoms with Crippen LogP contribution >= 0.6 is 0 Å². The summed E-state index contributed by atoms with van der Waals surface area (Å²) in [6.07, 6.45) is 3.76. The second kappa shape index (κ2) is 13.1. The summed E-state index contributed by atoms with van der Waals surface area (Å²) < 4.78 is 17.6. The molecule has 222 valence electrons. The van der Waals surface area contributed by atoms with Crippen LogP contribution in [0.15, 0.2) is 97.1 Å². The number of unbranched alkanes of at least 4 members (excludes halogenated alkanes) is 1. The van der Waals surface area contributed by atoms with Crippen LogP contribution in [0.5, 0.6) is 0 Å². The molecule has 1 fully saturated rings. The summed E-state index contributed by atoms with van der Waals surface area (Å²) in [6, 6.07) is 33.7. The maximum atomic E-state index is 6.60. The third-order valence-electron chi connectivity index (χ3n) is 8.75. The molecular weight excluding hydrogens is 532 g/mol. The molecule has 0 saturated carbocycles. The summed E-state index contributed by atoms with van der Waals surface area (Å²) in [4.78, 5) is 5.27. The minimum atomic E-state index is -0.530. The quantitative estimate of drug-likeness (QED) is 0.149. The standard InChI is InChI=1S/C37H42N4O2/c1-4-37(22-14-15-23-41-29(3)24-28(2)39-41)26-42-36(43-27-37)35-38-33(31-18-10-6-11-19-31)34(32-20-12-7-13-21-32)40(35)25-30-16-8-5-9-17-30/h5-13,16-21,24,36H,4,14-15,22-23,25-27H2,1-3H3/t36-,37-. The largest absolute Gasteiger partial charge is 0.345 e. The maximum absolute atomic E-state index is 6.60. The van der Waals surface area contributed by atoms with E-state index in [0.717, 1.165) is 66.3 Å². The minimum Gasteiger partial charge on any atom is -0.345 e. The number of ether oxygens (including phenoxy) is 2. The molecular formula is C37H42N4O2. The van der Waals surface area contributed by atoms with Gasteiger partial charge in [0.25, 0.3) is 0 Å². The molecule has 1 aliphatic rings. The Hall–Kier alpha value is -4.00. The monoisotopic (exact) mass is 574 g/mol. The van der Waals surface area contributed by atoms with E-state index >= 15 is 0 Å². The van der Waals surface area contributed by atoms with Crippen LogP contribution < -0.4 is 0 Å². The zero-order valence-corrected chi connectivity index (χ0v) is 25.6. The first-order valence-corrected chi connectivity index (χ1v) is 15.5. The van der Waals surface area contributed by atoms with E-state index in [1.807, 2.05) is 6.07 Å². The Morgan fingerprint density at radius 2 is 1.44 bits per heavy atom. The SMILES string of the molecule is CC[C@]1(CCCCn2nc(C)cc2C)CO[C@H](c2nc(-c3ccccc3)c(-c3ccccc3)n2Cc2ccccc2)OC1. The van der Waals surface area contributed by atoms with Gasteiger partial charge < -0.3 is 14.0 Å². The van der Waals surface area contributed by atoms with E-state index in [1.54, 1.807) is 0 Å². The first kappa shape index (κ1) is 29.1. The first-order valence-electron chi connectivity index (χ1n) is 15.5. The Bertz CT molecular complexity index is 1600. The number of aromatic nitrogens is 4. The van der Waals surface area contributed by atoms with Crippen molar-refractivity contribution in [3.05, 3.63) is 120 Å². The second-order valence-corrected chi connectivity index (χ2v) is 11.9. The predicted molar refractivity (Wildman–Crippen MR) is 172 cm³/mol. The lowest BCUT2D eigenvalue weighted by atomic mass is 9.81. The Labute approximate surface area is 255 Å². The van der Waals surface area contributed by atoms with Gasteiger partial charge in [-0.3, -0.25) is 4.68 Å². The van der Waals surface area contributed by atoms with Gasteiger partial charge in [0.2, 0.25) is 6.29 Å². The number of benzene rings is 3. The lowest BCUT2D eigenvalue weighted by Gasteiger charge is -2.39. The molecule has 0 atom stereocenters. The van der Waals surface area contributed by atoms with Crippen molar-refractivity contribution in [2.24, 2.45) is 5.41 Å². The summed E-state index contributed by atoms with van der Waals surface area (Å²) in [5, 5.41) is 4.62. The Morgan fingerprint density at radius 1 is 0.814 bits per heavy atom. The van der Waals surface area contributed by atoms with Crippen LogP contribution in [-0.2, 0) is 22.6 Å². The predicted octanol–water partition coefficient (Wildman–Crippen LogP) is 8.39. The minimum absolute atomic E-state index is 0.00690. The van der Waals surface area contributed by atoms with E-state index in [2.05, 4.69) is 126 Å². The highest BCUT2D eigenvalue weighted by molar-refractivity contribution is 5.79. The van der Waals surface area contributed by atoms with Crippen molar-refractivity contribution in [1.82, 2.24) is 19.3 Å². The van der Waals surface area contributed by atoms with Crippen LogP contribution in [0, 0.1) is 19.3 Å². The zero-order chi connectivity index (χ0) is 29.6. The summed E-state index contributed by atoms with van der Waals surface area (Å²) >= 11 is 0. The highest BCUT2D eigenvalue weighted by Crippen LogP contribution is 2.41. The normalized spacial score (nSPS) is 18.6. The van der Waals surface area contributed by atoms with Gasteiger partial charge >= 0.3 is 0 Å². The fraction of sp³-hybridized carbons (Fsp3) is 0.351. The molecule has 0 amide bonds. The van der Waals surface area contributed by atoms with E-state index in [9.17, 15) is 0 Å². The maximum Gasteiger partial charge on any atom is 0.217 e. The van der Waals surface area contributed by atoms with Gasteiger partial charge in [-0.2, -0.15) is 5.10 Å². The molecule has 3 aromatic carbocycles. The lowest BCUT2D eigenvalue weighted by molar-refractivity contribution is -0.240. The van der Waals surface area contributed by atoms with Gasteiger partial charge in [0.1, 0.15) is 0 Å². The molecule has 3 heterocycles. The molecule has 1 saturated heterocycles. The van der Waals surface area contributed by atoms with Crippen molar-refractivity contribution in [3.63, 3.8) is 0 Å². The summed E-state index contributed by atoms with van der Waals surface area (Å²) in [6.45, 7) is 9.39. The number of hydrogen-bond donors (Lipinski definition) is 0. The van der Waals surface area contributed by atoms with Crippen LogP contribution in [0.25, 0.3) is 22.5 Å². The summed E-state index contributed by atoms with van der Waals surface area (Å²) in [5.74, 6) is 0.816. The third-order valence-corrected chi connectivity index (χ3v) is 8.75. The molecule has 1 aliphatic heterocycles. The van der Waals surface area contributed by atoms with Crippen molar-refractivity contribution >= 4 is 0 Å². The van der Waals surface area contributed by atoms with Crippen LogP contribution in [0.1, 0.15) is 61.7 Å². The van der Waals surface area contributed by atoms with Crippen molar-refractivity contribution in [1.29, 1.82) is 0 Å². The molecule has 0 N–H and O–H groups in total. The molecule has 5 aromatic rings. The molecule has 0 radical (unpaired) electrons. The Morgan fingerprint density at radius 3 is 2.05 bits per heavy atom. The average molecular weight is 575 g/mol. The first-order chi connectivity index (χ1) is 21.0. The molecule has 0 aliphatic carbocycles. The molecule has 2 aromatic heterocycles. The van der Waals surface area contributed by atoms with Gasteiger partial charge in [0.05, 0.1) is 30.3 Å². The van der Waals surface area contributed by atoms with Crippen molar-refractivity contribution in [2.45, 2.75) is 65.8 Å². The molecule has 0 bridgehead atoms. The highest BCUT2D eigenvalue weighted by atomic mass is 16.7. The Balaban J connectivity index is 1.26. The van der Waals surface area contributed by atoms with Gasteiger partial charge in [0.15, 0.2) is 5.82 Å². The molecule has 6 rings (SSSR count). The average Bonchev–Trinajstić information content (AvgIpc) is 3.59. The zero-order valence-electron chi connectivity index (χ0n) is 25.6. The molecule has 43 heavy (non-hydrogen) atoms. The van der Waals surface area contributed by atoms with E-state index < -0.39 is 6.29 Å². The van der Waals surface area contributed by atoms with Gasteiger partial charge in [-0.05, 0) is 44.7 Å². The summed E-state index contributed by atoms with van der Waals surface area (Å²) in [7, 11) is 0. The molecule has 0 unspecified atom stereocenters. The summed E-state index contributed by atoms with van der Waals surface area (Å²) in [5.41, 5.74) is 7.75. The van der Waals surface area contributed by atoms with Gasteiger partial charge in [-0.25, -0.2) is 4.98 Å². The number of aryl methyl sites for hydroxylation is 3. The van der Waals surface area contributed by atoms with E-state index in [4.69, 9.17) is 14.5 Å². The molecule has 6 nitrogen and oxygen atoms in total. The number of nitrogens with zero attached hydrogens (tertiary/aromatic N) is 4. The van der Waals surface area contributed by atoms with E-state index in [-0.39, 0.29) is 5.41 Å². The van der Waals surface area contributed by atoms with Gasteiger partial charge in [-0.15, -0.1) is 0 Å². The van der Waals surface area contributed by atoms with Crippen molar-refractivity contribution in [2.75, 3.05) is 13.2 Å². The Kier molecular flexibility index (Phi) is 8.87. The van der Waals surface area contributed by atoms with Gasteiger partial charge in [0, 0.05) is 35.3 Å². The fourth-order valence-electron chi connectivity index (χ4n) is 6.19. The van der Waals surface area contributed by atoms with Crippen molar-refractivity contribution < 1.29 is 9.47 Å².